The first-order chi connectivity index (χ1) is 8.61. The highest BCUT2D eigenvalue weighted by atomic mass is 32.1. The molecule has 18 heavy (non-hydrogen) atoms. The van der Waals surface area contributed by atoms with Crippen LogP contribution in [0.4, 0.5) is 0 Å². The topological polar surface area (TPSA) is 32.3 Å². The van der Waals surface area contributed by atoms with Crippen LogP contribution in [-0.2, 0) is 4.79 Å². The summed E-state index contributed by atoms with van der Waals surface area (Å²) in [5, 5.41) is 5.42. The molecule has 2 heterocycles. The van der Waals surface area contributed by atoms with E-state index in [0.29, 0.717) is 5.92 Å². The van der Waals surface area contributed by atoms with Crippen molar-refractivity contribution in [1.29, 1.82) is 0 Å². The molecule has 0 bridgehead atoms. The Kier molecular flexibility index (Phi) is 4.40. The molecule has 0 spiro atoms. The molecule has 1 aliphatic rings. The zero-order chi connectivity index (χ0) is 13.1. The van der Waals surface area contributed by atoms with Gasteiger partial charge in [-0.15, -0.1) is 11.3 Å². The lowest BCUT2D eigenvalue weighted by Crippen LogP contribution is -2.51. The minimum Gasteiger partial charge on any atom is -0.337 e. The third-order valence-electron chi connectivity index (χ3n) is 3.92. The van der Waals surface area contributed by atoms with Gasteiger partial charge in [0.1, 0.15) is 0 Å². The van der Waals surface area contributed by atoms with Crippen molar-refractivity contribution in [3.8, 4) is 0 Å². The summed E-state index contributed by atoms with van der Waals surface area (Å²) in [5.41, 5.74) is 0. The highest BCUT2D eigenvalue weighted by Gasteiger charge is 2.31. The van der Waals surface area contributed by atoms with Crippen LogP contribution in [0.1, 0.15) is 37.6 Å². The van der Waals surface area contributed by atoms with E-state index in [9.17, 15) is 4.79 Å². The van der Waals surface area contributed by atoms with Crippen LogP contribution in [-0.4, -0.2) is 30.4 Å². The van der Waals surface area contributed by atoms with Crippen LogP contribution in [0.5, 0.6) is 0 Å². The number of nitrogens with zero attached hydrogens (tertiary/aromatic N) is 1. The van der Waals surface area contributed by atoms with Gasteiger partial charge >= 0.3 is 0 Å². The molecule has 100 valence electrons. The third-order valence-corrected chi connectivity index (χ3v) is 4.96. The molecular formula is C14H22N2OS. The number of hydrogen-bond acceptors (Lipinski definition) is 3. The molecule has 0 aliphatic carbocycles. The van der Waals surface area contributed by atoms with Crippen molar-refractivity contribution < 1.29 is 4.79 Å². The number of carbonyl (C=O) groups is 1. The molecular weight excluding hydrogens is 244 g/mol. The van der Waals surface area contributed by atoms with Gasteiger partial charge in [-0.3, -0.25) is 4.79 Å². The summed E-state index contributed by atoms with van der Waals surface area (Å²) < 4.78 is 0. The molecule has 3 atom stereocenters. The van der Waals surface area contributed by atoms with Crippen LogP contribution in [0.2, 0.25) is 0 Å². The number of hydrogen-bond donors (Lipinski definition) is 1. The normalized spacial score (nSPS) is 25.7. The first kappa shape index (κ1) is 13.6. The number of carbonyl (C=O) groups excluding carboxylic acids is 1. The molecule has 0 radical (unpaired) electrons. The average Bonchev–Trinajstić information content (AvgIpc) is 2.90. The fourth-order valence-electron chi connectivity index (χ4n) is 2.51. The van der Waals surface area contributed by atoms with E-state index in [1.54, 1.807) is 11.3 Å². The second kappa shape index (κ2) is 5.85. The predicted molar refractivity (Wildman–Crippen MR) is 75.7 cm³/mol. The quantitative estimate of drug-likeness (QED) is 0.912. The van der Waals surface area contributed by atoms with Crippen LogP contribution in [0, 0.1) is 5.92 Å². The molecule has 0 saturated carbocycles. The van der Waals surface area contributed by atoms with Gasteiger partial charge < -0.3 is 10.2 Å². The molecule has 0 aromatic carbocycles. The van der Waals surface area contributed by atoms with Gasteiger partial charge in [-0.1, -0.05) is 13.0 Å². The van der Waals surface area contributed by atoms with Crippen LogP contribution >= 0.6 is 11.3 Å². The van der Waals surface area contributed by atoms with Crippen molar-refractivity contribution in [3.63, 3.8) is 0 Å². The Morgan fingerprint density at radius 3 is 3.00 bits per heavy atom. The van der Waals surface area contributed by atoms with Gasteiger partial charge in [0.05, 0.1) is 12.1 Å². The fraction of sp³-hybridized carbons (Fsp3) is 0.643. The van der Waals surface area contributed by atoms with Crippen LogP contribution in [0.3, 0.4) is 0 Å². The SMILES string of the molecule is CC1CCCNC1C(=O)N(C)C(C)c1cccs1. The molecule has 1 amide bonds. The summed E-state index contributed by atoms with van der Waals surface area (Å²) >= 11 is 1.71. The Morgan fingerprint density at radius 2 is 2.39 bits per heavy atom. The minimum atomic E-state index is -0.00818. The maximum absolute atomic E-state index is 12.5. The number of piperidine rings is 1. The van der Waals surface area contributed by atoms with Crippen LogP contribution < -0.4 is 5.32 Å². The maximum Gasteiger partial charge on any atom is 0.240 e. The second-order valence-corrected chi connectivity index (χ2v) is 6.17. The van der Waals surface area contributed by atoms with Crippen molar-refractivity contribution in [3.05, 3.63) is 22.4 Å². The Balaban J connectivity index is 2.03. The van der Waals surface area contributed by atoms with E-state index in [0.717, 1.165) is 13.0 Å². The van der Waals surface area contributed by atoms with E-state index in [1.165, 1.54) is 11.3 Å². The fourth-order valence-corrected chi connectivity index (χ4v) is 3.34. The molecule has 3 unspecified atom stereocenters. The molecule has 1 fully saturated rings. The Labute approximate surface area is 113 Å². The van der Waals surface area contributed by atoms with Gasteiger partial charge in [0.2, 0.25) is 5.91 Å². The van der Waals surface area contributed by atoms with E-state index in [1.807, 2.05) is 18.0 Å². The summed E-state index contributed by atoms with van der Waals surface area (Å²) in [5.74, 6) is 0.660. The summed E-state index contributed by atoms with van der Waals surface area (Å²) in [6.45, 7) is 5.22. The van der Waals surface area contributed by atoms with Crippen molar-refractivity contribution >= 4 is 17.2 Å². The van der Waals surface area contributed by atoms with E-state index >= 15 is 0 Å². The van der Waals surface area contributed by atoms with Gasteiger partial charge in [0.15, 0.2) is 0 Å². The number of rotatable bonds is 3. The van der Waals surface area contributed by atoms with Gasteiger partial charge in [-0.2, -0.15) is 0 Å². The molecule has 3 nitrogen and oxygen atoms in total. The van der Waals surface area contributed by atoms with Gasteiger partial charge in [-0.05, 0) is 43.7 Å². The van der Waals surface area contributed by atoms with E-state index in [-0.39, 0.29) is 18.0 Å². The summed E-state index contributed by atoms with van der Waals surface area (Å²) in [4.78, 5) is 15.6. The zero-order valence-corrected chi connectivity index (χ0v) is 12.2. The summed E-state index contributed by atoms with van der Waals surface area (Å²) in [7, 11) is 1.91. The van der Waals surface area contributed by atoms with Crippen molar-refractivity contribution in [2.24, 2.45) is 5.92 Å². The first-order valence-electron chi connectivity index (χ1n) is 6.64. The monoisotopic (exact) mass is 266 g/mol. The van der Waals surface area contributed by atoms with Crippen LogP contribution in [0.25, 0.3) is 0 Å². The Bertz CT molecular complexity index is 391. The van der Waals surface area contributed by atoms with Crippen molar-refractivity contribution in [2.45, 2.75) is 38.8 Å². The highest BCUT2D eigenvalue weighted by Crippen LogP contribution is 2.26. The van der Waals surface area contributed by atoms with E-state index in [4.69, 9.17) is 0 Å². The van der Waals surface area contributed by atoms with Crippen molar-refractivity contribution in [1.82, 2.24) is 10.2 Å². The van der Waals surface area contributed by atoms with E-state index in [2.05, 4.69) is 30.6 Å². The summed E-state index contributed by atoms with van der Waals surface area (Å²) in [6.07, 6.45) is 2.32. The first-order valence-corrected chi connectivity index (χ1v) is 7.52. The van der Waals surface area contributed by atoms with Crippen LogP contribution in [0.15, 0.2) is 17.5 Å². The zero-order valence-electron chi connectivity index (χ0n) is 11.3. The largest absolute Gasteiger partial charge is 0.337 e. The Morgan fingerprint density at radius 1 is 1.61 bits per heavy atom. The lowest BCUT2D eigenvalue weighted by atomic mass is 9.91. The minimum absolute atomic E-state index is 0.00818. The van der Waals surface area contributed by atoms with Gasteiger partial charge in [-0.25, -0.2) is 0 Å². The third kappa shape index (κ3) is 2.75. The van der Waals surface area contributed by atoms with Crippen molar-refractivity contribution in [2.75, 3.05) is 13.6 Å². The number of nitrogens with one attached hydrogen (secondary N) is 1. The average molecular weight is 266 g/mol. The Hall–Kier alpha value is -0.870. The lowest BCUT2D eigenvalue weighted by Gasteiger charge is -2.34. The molecule has 1 aromatic heterocycles. The standard InChI is InChI=1S/C14H22N2OS/c1-10-6-4-8-15-13(10)14(17)16(3)11(2)12-7-5-9-18-12/h5,7,9-11,13,15H,4,6,8H2,1-3H3. The molecule has 2 rings (SSSR count). The molecule has 1 N–H and O–H groups in total. The smallest absolute Gasteiger partial charge is 0.240 e. The predicted octanol–water partition coefficient (Wildman–Crippen LogP) is 2.66. The maximum atomic E-state index is 12.5. The lowest BCUT2D eigenvalue weighted by molar-refractivity contribution is -0.135. The highest BCUT2D eigenvalue weighted by molar-refractivity contribution is 7.10. The number of likely N-dealkylation sites (N-methyl/N-ethyl adjacent to an activating group) is 1. The van der Waals surface area contributed by atoms with Gasteiger partial charge in [0.25, 0.3) is 0 Å². The number of thiophene rings is 1. The molecule has 4 heteroatoms. The second-order valence-electron chi connectivity index (χ2n) is 5.19. The molecule has 1 aromatic rings. The summed E-state index contributed by atoms with van der Waals surface area (Å²) in [6, 6.07) is 4.28. The van der Waals surface area contributed by atoms with E-state index < -0.39 is 0 Å². The van der Waals surface area contributed by atoms with Gasteiger partial charge in [0, 0.05) is 11.9 Å². The molecule has 1 saturated heterocycles. The molecule has 1 aliphatic heterocycles. The number of amides is 1.